The van der Waals surface area contributed by atoms with Crippen LogP contribution in [0, 0.1) is 18.6 Å². The van der Waals surface area contributed by atoms with Crippen LogP contribution in [0.2, 0.25) is 0 Å². The smallest absolute Gasteiger partial charge is 0.333 e. The number of benzene rings is 1. The quantitative estimate of drug-likeness (QED) is 0.859. The number of rotatable bonds is 4. The summed E-state index contributed by atoms with van der Waals surface area (Å²) in [5, 5.41) is 8.70. The maximum absolute atomic E-state index is 13.4. The lowest BCUT2D eigenvalue weighted by Gasteiger charge is -2.12. The molecule has 0 fully saturated rings. The highest BCUT2D eigenvalue weighted by molar-refractivity contribution is 5.72. The van der Waals surface area contributed by atoms with E-state index in [1.54, 1.807) is 6.92 Å². The fourth-order valence-electron chi connectivity index (χ4n) is 1.38. The molecular formula is C11H12F2O3. The number of carbonyl (C=O) groups is 1. The lowest BCUT2D eigenvalue weighted by Crippen LogP contribution is -2.25. The third-order valence-corrected chi connectivity index (χ3v) is 2.23. The van der Waals surface area contributed by atoms with Gasteiger partial charge in [-0.3, -0.25) is 0 Å². The van der Waals surface area contributed by atoms with Gasteiger partial charge in [0.05, 0.1) is 0 Å². The molecule has 1 atom stereocenters. The molecule has 0 bridgehead atoms. The van der Waals surface area contributed by atoms with Gasteiger partial charge >= 0.3 is 5.97 Å². The molecule has 0 heterocycles. The summed E-state index contributed by atoms with van der Waals surface area (Å²) in [4.78, 5) is 10.7. The first kappa shape index (κ1) is 12.6. The minimum absolute atomic E-state index is 0.264. The summed E-state index contributed by atoms with van der Waals surface area (Å²) in [6.07, 6.45) is -1.57. The average Bonchev–Trinajstić information content (AvgIpc) is 2.15. The lowest BCUT2D eigenvalue weighted by molar-refractivity contribution is -0.148. The largest absolute Gasteiger partial charge is 0.479 e. The van der Waals surface area contributed by atoms with Gasteiger partial charge in [-0.25, -0.2) is 13.6 Å². The van der Waals surface area contributed by atoms with Crippen LogP contribution >= 0.6 is 0 Å². The second kappa shape index (κ2) is 5.03. The maximum Gasteiger partial charge on any atom is 0.333 e. The van der Waals surface area contributed by atoms with Crippen LogP contribution in [-0.4, -0.2) is 24.3 Å². The Hall–Kier alpha value is -1.49. The van der Waals surface area contributed by atoms with Crippen molar-refractivity contribution in [1.82, 2.24) is 0 Å². The fraction of sp³-hybridized carbons (Fsp3) is 0.364. The fourth-order valence-corrected chi connectivity index (χ4v) is 1.38. The molecule has 3 nitrogen and oxygen atoms in total. The minimum atomic E-state index is -1.25. The Kier molecular flexibility index (Phi) is 3.95. The molecular weight excluding hydrogens is 218 g/mol. The number of methoxy groups -OCH3 is 1. The summed E-state index contributed by atoms with van der Waals surface area (Å²) in [5.74, 6) is -2.75. The van der Waals surface area contributed by atoms with Gasteiger partial charge in [0.15, 0.2) is 6.10 Å². The van der Waals surface area contributed by atoms with Crippen molar-refractivity contribution < 1.29 is 23.4 Å². The standard InChI is InChI=1S/C11H12F2O3/c1-6-3-8(12)7(9(13)4-6)5-10(16-2)11(14)15/h3-4,10H,5H2,1-2H3,(H,14,15). The Bertz CT molecular complexity index is 381. The van der Waals surface area contributed by atoms with Crippen LogP contribution in [0.3, 0.4) is 0 Å². The molecule has 16 heavy (non-hydrogen) atoms. The number of halogens is 2. The van der Waals surface area contributed by atoms with Crippen molar-refractivity contribution in [3.05, 3.63) is 34.9 Å². The SMILES string of the molecule is COC(Cc1c(F)cc(C)cc1F)C(=O)O. The molecule has 5 heteroatoms. The molecule has 0 aliphatic carbocycles. The normalized spacial score (nSPS) is 12.5. The van der Waals surface area contributed by atoms with Crippen LogP contribution in [0.15, 0.2) is 12.1 Å². The summed E-state index contributed by atoms with van der Waals surface area (Å²) < 4.78 is 31.4. The highest BCUT2D eigenvalue weighted by Crippen LogP contribution is 2.17. The topological polar surface area (TPSA) is 46.5 Å². The molecule has 0 aromatic heterocycles. The van der Waals surface area contributed by atoms with E-state index < -0.39 is 23.7 Å². The van der Waals surface area contributed by atoms with Gasteiger partial charge in [-0.15, -0.1) is 0 Å². The van der Waals surface area contributed by atoms with E-state index >= 15 is 0 Å². The third kappa shape index (κ3) is 2.76. The molecule has 0 spiro atoms. The van der Waals surface area contributed by atoms with E-state index in [0.29, 0.717) is 5.56 Å². The maximum atomic E-state index is 13.4. The van der Waals surface area contributed by atoms with Crippen molar-refractivity contribution >= 4 is 5.97 Å². The van der Waals surface area contributed by atoms with Crippen LogP contribution in [-0.2, 0) is 16.0 Å². The Morgan fingerprint density at radius 1 is 1.44 bits per heavy atom. The van der Waals surface area contributed by atoms with E-state index in [1.165, 1.54) is 7.11 Å². The molecule has 0 saturated carbocycles. The predicted molar refractivity (Wildman–Crippen MR) is 53.2 cm³/mol. The monoisotopic (exact) mass is 230 g/mol. The Labute approximate surface area is 91.7 Å². The van der Waals surface area contributed by atoms with Crippen LogP contribution in [0.25, 0.3) is 0 Å². The Morgan fingerprint density at radius 2 is 1.94 bits per heavy atom. The zero-order chi connectivity index (χ0) is 12.3. The van der Waals surface area contributed by atoms with Crippen molar-refractivity contribution in [3.8, 4) is 0 Å². The van der Waals surface area contributed by atoms with E-state index in [4.69, 9.17) is 5.11 Å². The average molecular weight is 230 g/mol. The highest BCUT2D eigenvalue weighted by atomic mass is 19.1. The second-order valence-electron chi connectivity index (χ2n) is 3.47. The number of hydrogen-bond acceptors (Lipinski definition) is 2. The predicted octanol–water partition coefficient (Wildman–Crippen LogP) is 1.92. The van der Waals surface area contributed by atoms with E-state index in [1.807, 2.05) is 0 Å². The number of aliphatic carboxylic acids is 1. The van der Waals surface area contributed by atoms with Crippen molar-refractivity contribution in [1.29, 1.82) is 0 Å². The molecule has 88 valence electrons. The number of aryl methyl sites for hydroxylation is 1. The van der Waals surface area contributed by atoms with Gasteiger partial charge in [0.1, 0.15) is 11.6 Å². The zero-order valence-electron chi connectivity index (χ0n) is 8.96. The molecule has 0 aliphatic rings. The molecule has 0 saturated heterocycles. The van der Waals surface area contributed by atoms with Gasteiger partial charge in [0.2, 0.25) is 0 Å². The molecule has 1 unspecified atom stereocenters. The van der Waals surface area contributed by atoms with Crippen LogP contribution in [0.1, 0.15) is 11.1 Å². The van der Waals surface area contributed by atoms with Gasteiger partial charge < -0.3 is 9.84 Å². The van der Waals surface area contributed by atoms with Crippen molar-refractivity contribution in [2.75, 3.05) is 7.11 Å². The molecule has 1 aromatic rings. The minimum Gasteiger partial charge on any atom is -0.479 e. The van der Waals surface area contributed by atoms with Gasteiger partial charge in [0.25, 0.3) is 0 Å². The van der Waals surface area contributed by atoms with Gasteiger partial charge in [-0.05, 0) is 24.6 Å². The van der Waals surface area contributed by atoms with Crippen LogP contribution in [0.5, 0.6) is 0 Å². The van der Waals surface area contributed by atoms with Crippen molar-refractivity contribution in [3.63, 3.8) is 0 Å². The van der Waals surface area contributed by atoms with Gasteiger partial charge in [-0.2, -0.15) is 0 Å². The van der Waals surface area contributed by atoms with Crippen molar-refractivity contribution in [2.24, 2.45) is 0 Å². The van der Waals surface area contributed by atoms with E-state index in [9.17, 15) is 13.6 Å². The summed E-state index contributed by atoms with van der Waals surface area (Å²) in [5.41, 5.74) is 0.183. The molecule has 1 aromatic carbocycles. The van der Waals surface area contributed by atoms with Gasteiger partial charge in [-0.1, -0.05) is 0 Å². The number of carboxylic acids is 1. The molecule has 0 aliphatic heterocycles. The molecule has 1 N–H and O–H groups in total. The second-order valence-corrected chi connectivity index (χ2v) is 3.47. The molecule has 0 amide bonds. The zero-order valence-corrected chi connectivity index (χ0v) is 8.96. The summed E-state index contributed by atoms with van der Waals surface area (Å²) in [6, 6.07) is 2.32. The highest BCUT2D eigenvalue weighted by Gasteiger charge is 2.21. The molecule has 1 rings (SSSR count). The first-order valence-corrected chi connectivity index (χ1v) is 4.65. The van der Waals surface area contributed by atoms with Gasteiger partial charge in [0, 0.05) is 19.1 Å². The first-order valence-electron chi connectivity index (χ1n) is 4.65. The number of carboxylic acid groups (broad SMARTS) is 1. The van der Waals surface area contributed by atoms with Crippen LogP contribution < -0.4 is 0 Å². The third-order valence-electron chi connectivity index (χ3n) is 2.23. The Morgan fingerprint density at radius 3 is 2.31 bits per heavy atom. The van der Waals surface area contributed by atoms with E-state index in [-0.39, 0.29) is 12.0 Å². The van der Waals surface area contributed by atoms with Crippen molar-refractivity contribution in [2.45, 2.75) is 19.4 Å². The first-order chi connectivity index (χ1) is 7.45. The summed E-state index contributed by atoms with van der Waals surface area (Å²) in [6.45, 7) is 1.56. The summed E-state index contributed by atoms with van der Waals surface area (Å²) >= 11 is 0. The van der Waals surface area contributed by atoms with E-state index in [0.717, 1.165) is 12.1 Å². The lowest BCUT2D eigenvalue weighted by atomic mass is 10.0. The number of hydrogen-bond donors (Lipinski definition) is 1. The Balaban J connectivity index is 3.01. The molecule has 0 radical (unpaired) electrons. The van der Waals surface area contributed by atoms with Crippen LogP contribution in [0.4, 0.5) is 8.78 Å². The van der Waals surface area contributed by atoms with E-state index in [2.05, 4.69) is 4.74 Å². The summed E-state index contributed by atoms with van der Waals surface area (Å²) in [7, 11) is 1.18. The number of ether oxygens (including phenoxy) is 1.